The van der Waals surface area contributed by atoms with E-state index in [0.29, 0.717) is 17.0 Å². The summed E-state index contributed by atoms with van der Waals surface area (Å²) < 4.78 is 1.87. The molecule has 130 valence electrons. The largest absolute Gasteiger partial charge is 0.368 e. The monoisotopic (exact) mass is 355 g/mol. The quantitative estimate of drug-likeness (QED) is 0.742. The number of anilines is 1. The maximum absolute atomic E-state index is 6.12. The first kappa shape index (κ1) is 16.4. The second kappa shape index (κ2) is 7.02. The summed E-state index contributed by atoms with van der Waals surface area (Å²) >= 11 is 6.12. The molecule has 1 aliphatic carbocycles. The van der Waals surface area contributed by atoms with Gasteiger partial charge in [0.05, 0.1) is 11.9 Å². The van der Waals surface area contributed by atoms with E-state index in [1.54, 1.807) is 0 Å². The van der Waals surface area contributed by atoms with E-state index in [2.05, 4.69) is 10.3 Å². The van der Waals surface area contributed by atoms with Crippen LogP contribution in [0.1, 0.15) is 25.7 Å². The van der Waals surface area contributed by atoms with Crippen LogP contribution in [0.3, 0.4) is 0 Å². The molecule has 0 aliphatic heterocycles. The number of hydrogen-bond donors (Lipinski definition) is 2. The van der Waals surface area contributed by atoms with Crippen LogP contribution in [0.2, 0.25) is 5.02 Å². The normalized spacial score (nSPS) is 20.7. The highest BCUT2D eigenvalue weighted by atomic mass is 35.5. The van der Waals surface area contributed by atoms with Crippen LogP contribution in [0.4, 0.5) is 5.82 Å². The number of fused-ring (bicyclic) bond motifs is 1. The number of rotatable bonds is 4. The van der Waals surface area contributed by atoms with Gasteiger partial charge in [0.25, 0.3) is 0 Å². The Balaban J connectivity index is 1.54. The summed E-state index contributed by atoms with van der Waals surface area (Å²) in [6.07, 6.45) is 6.46. The van der Waals surface area contributed by atoms with Gasteiger partial charge in [-0.3, -0.25) is 0 Å². The molecule has 0 amide bonds. The number of nitrogens with one attached hydrogen (secondary N) is 1. The molecule has 2 aromatic heterocycles. The highest BCUT2D eigenvalue weighted by Crippen LogP contribution is 2.25. The topological polar surface area (TPSA) is 68.2 Å². The molecule has 4 rings (SSSR count). The van der Waals surface area contributed by atoms with E-state index in [-0.39, 0.29) is 0 Å². The molecule has 1 aromatic carbocycles. The minimum atomic E-state index is 0.386. The third-order valence-corrected chi connectivity index (χ3v) is 5.18. The summed E-state index contributed by atoms with van der Waals surface area (Å²) in [5.41, 5.74) is 8.75. The van der Waals surface area contributed by atoms with Gasteiger partial charge in [0, 0.05) is 23.2 Å². The van der Waals surface area contributed by atoms with Crippen molar-refractivity contribution in [2.75, 3.05) is 11.9 Å². The average Bonchev–Trinajstić information content (AvgIpc) is 3.04. The summed E-state index contributed by atoms with van der Waals surface area (Å²) in [7, 11) is 0. The molecule has 3 N–H and O–H groups in total. The maximum atomic E-state index is 6.12. The van der Waals surface area contributed by atoms with Gasteiger partial charge in [-0.25, -0.2) is 9.50 Å². The molecule has 1 aliphatic rings. The Labute approximate surface area is 152 Å². The van der Waals surface area contributed by atoms with Crippen LogP contribution in [-0.2, 0) is 0 Å². The van der Waals surface area contributed by atoms with Gasteiger partial charge in [-0.15, -0.1) is 5.10 Å². The summed E-state index contributed by atoms with van der Waals surface area (Å²) in [5.74, 6) is 1.54. The van der Waals surface area contributed by atoms with Crippen LogP contribution >= 0.6 is 11.6 Å². The lowest BCUT2D eigenvalue weighted by molar-refractivity contribution is 0.338. The lowest BCUT2D eigenvalue weighted by Crippen LogP contribution is -2.29. The Morgan fingerprint density at radius 3 is 2.80 bits per heavy atom. The van der Waals surface area contributed by atoms with Crippen molar-refractivity contribution in [1.29, 1.82) is 0 Å². The van der Waals surface area contributed by atoms with E-state index in [0.717, 1.165) is 42.1 Å². The highest BCUT2D eigenvalue weighted by molar-refractivity contribution is 6.30. The van der Waals surface area contributed by atoms with E-state index >= 15 is 0 Å². The summed E-state index contributed by atoms with van der Waals surface area (Å²) in [4.78, 5) is 4.44. The van der Waals surface area contributed by atoms with Gasteiger partial charge in [0.1, 0.15) is 5.82 Å². The molecule has 6 heteroatoms. The number of nitrogens with zero attached hydrogens (tertiary/aromatic N) is 3. The molecule has 0 radical (unpaired) electrons. The van der Waals surface area contributed by atoms with Crippen LogP contribution in [0.25, 0.3) is 16.9 Å². The van der Waals surface area contributed by atoms with E-state index in [1.165, 1.54) is 12.8 Å². The zero-order valence-corrected chi connectivity index (χ0v) is 14.8. The van der Waals surface area contributed by atoms with Crippen molar-refractivity contribution in [3.05, 3.63) is 47.6 Å². The van der Waals surface area contributed by atoms with E-state index in [4.69, 9.17) is 22.4 Å². The standard InChI is InChI=1S/C19H22ClN5/c20-15-3-1-2-14(10-15)17-12-23-19-9-8-18(24-25(17)19)22-11-13-4-6-16(21)7-5-13/h1-3,8-10,12-13,16H,4-7,11,21H2,(H,22,24). The van der Waals surface area contributed by atoms with Crippen LogP contribution in [0, 0.1) is 5.92 Å². The smallest absolute Gasteiger partial charge is 0.154 e. The first-order valence-corrected chi connectivity index (χ1v) is 9.17. The molecule has 0 unspecified atom stereocenters. The fraction of sp³-hybridized carbons (Fsp3) is 0.368. The molecule has 0 atom stereocenters. The molecular formula is C19H22ClN5. The lowest BCUT2D eigenvalue weighted by Gasteiger charge is -2.26. The Bertz CT molecular complexity index is 867. The molecule has 25 heavy (non-hydrogen) atoms. The predicted molar refractivity (Wildman–Crippen MR) is 102 cm³/mol. The molecule has 1 fully saturated rings. The SMILES string of the molecule is NC1CCC(CNc2ccc3ncc(-c4cccc(Cl)c4)n3n2)CC1. The Kier molecular flexibility index (Phi) is 4.59. The van der Waals surface area contributed by atoms with E-state index in [1.807, 2.05) is 47.1 Å². The molecular weight excluding hydrogens is 334 g/mol. The number of hydrogen-bond acceptors (Lipinski definition) is 4. The molecule has 1 saturated carbocycles. The molecule has 0 spiro atoms. The molecule has 2 heterocycles. The third kappa shape index (κ3) is 3.62. The zero-order valence-electron chi connectivity index (χ0n) is 14.0. The highest BCUT2D eigenvalue weighted by Gasteiger charge is 2.18. The van der Waals surface area contributed by atoms with Crippen molar-refractivity contribution in [2.24, 2.45) is 11.7 Å². The maximum Gasteiger partial charge on any atom is 0.154 e. The van der Waals surface area contributed by atoms with Gasteiger partial charge in [-0.1, -0.05) is 23.7 Å². The fourth-order valence-electron chi connectivity index (χ4n) is 3.45. The van der Waals surface area contributed by atoms with Crippen LogP contribution in [0.5, 0.6) is 0 Å². The van der Waals surface area contributed by atoms with Crippen LogP contribution in [0.15, 0.2) is 42.6 Å². The van der Waals surface area contributed by atoms with Crippen LogP contribution in [-0.4, -0.2) is 27.2 Å². The van der Waals surface area contributed by atoms with Gasteiger partial charge in [-0.2, -0.15) is 0 Å². The average molecular weight is 356 g/mol. The number of imidazole rings is 1. The van der Waals surface area contributed by atoms with Crippen molar-refractivity contribution in [1.82, 2.24) is 14.6 Å². The molecule has 3 aromatic rings. The molecule has 0 bridgehead atoms. The summed E-state index contributed by atoms with van der Waals surface area (Å²) in [6.45, 7) is 0.937. The minimum absolute atomic E-state index is 0.386. The Morgan fingerprint density at radius 1 is 1.16 bits per heavy atom. The van der Waals surface area contributed by atoms with E-state index in [9.17, 15) is 0 Å². The number of benzene rings is 1. The number of aromatic nitrogens is 3. The lowest BCUT2D eigenvalue weighted by atomic mass is 9.86. The second-order valence-electron chi connectivity index (χ2n) is 6.80. The van der Waals surface area contributed by atoms with Gasteiger partial charge < -0.3 is 11.1 Å². The van der Waals surface area contributed by atoms with E-state index < -0.39 is 0 Å². The van der Waals surface area contributed by atoms with Crippen molar-refractivity contribution < 1.29 is 0 Å². The van der Waals surface area contributed by atoms with Gasteiger partial charge in [0.15, 0.2) is 5.65 Å². The van der Waals surface area contributed by atoms with Crippen molar-refractivity contribution in [3.8, 4) is 11.3 Å². The first-order valence-electron chi connectivity index (χ1n) is 8.79. The molecule has 5 nitrogen and oxygen atoms in total. The fourth-order valence-corrected chi connectivity index (χ4v) is 3.64. The zero-order chi connectivity index (χ0) is 17.2. The first-order chi connectivity index (χ1) is 12.2. The van der Waals surface area contributed by atoms with Crippen molar-refractivity contribution >= 4 is 23.1 Å². The van der Waals surface area contributed by atoms with Gasteiger partial charge in [-0.05, 0) is 55.9 Å². The third-order valence-electron chi connectivity index (χ3n) is 4.95. The second-order valence-corrected chi connectivity index (χ2v) is 7.24. The van der Waals surface area contributed by atoms with Crippen molar-refractivity contribution in [2.45, 2.75) is 31.7 Å². The summed E-state index contributed by atoms with van der Waals surface area (Å²) in [5, 5.41) is 8.90. The predicted octanol–water partition coefficient (Wildman–Crippen LogP) is 3.98. The Morgan fingerprint density at radius 2 is 2.00 bits per heavy atom. The molecule has 0 saturated heterocycles. The van der Waals surface area contributed by atoms with Crippen molar-refractivity contribution in [3.63, 3.8) is 0 Å². The summed E-state index contributed by atoms with van der Waals surface area (Å²) in [6, 6.07) is 12.1. The van der Waals surface area contributed by atoms with Crippen LogP contribution < -0.4 is 11.1 Å². The van der Waals surface area contributed by atoms with Gasteiger partial charge >= 0.3 is 0 Å². The number of nitrogens with two attached hydrogens (primary N) is 1. The Hall–Kier alpha value is -2.11. The minimum Gasteiger partial charge on any atom is -0.368 e. The van der Waals surface area contributed by atoms with Gasteiger partial charge in [0.2, 0.25) is 0 Å². The number of halogens is 1.